The molecule has 0 heterocycles. The van der Waals surface area contributed by atoms with Gasteiger partial charge < -0.3 is 5.11 Å². The second-order valence-electron chi connectivity index (χ2n) is 3.84. The van der Waals surface area contributed by atoms with E-state index in [1.807, 2.05) is 19.1 Å². The molecule has 2 atom stereocenters. The zero-order chi connectivity index (χ0) is 11.6. The number of rotatable bonds is 3. The van der Waals surface area contributed by atoms with E-state index in [9.17, 15) is 13.5 Å². The molecule has 0 saturated heterocycles. The molecule has 0 amide bonds. The summed E-state index contributed by atoms with van der Waals surface area (Å²) in [6.45, 7) is 3.37. The van der Waals surface area contributed by atoms with Gasteiger partial charge in [-0.25, -0.2) is 8.42 Å². The standard InChI is InChI=1S/C11H16O3S/c1-8-6-4-5-7-10(8)11(12)9(2)15(3,13)14/h4-7,9,11-12H,1-3H3/t9-,11-/m0/s1. The van der Waals surface area contributed by atoms with Gasteiger partial charge in [0.2, 0.25) is 0 Å². The number of hydrogen-bond donors (Lipinski definition) is 1. The molecule has 0 bridgehead atoms. The van der Waals surface area contributed by atoms with Gasteiger partial charge in [0.15, 0.2) is 9.84 Å². The normalized spacial score (nSPS) is 16.0. The molecule has 1 N–H and O–H groups in total. The molecular weight excluding hydrogens is 212 g/mol. The lowest BCUT2D eigenvalue weighted by atomic mass is 10.0. The molecule has 0 spiro atoms. The Balaban J connectivity index is 3.06. The van der Waals surface area contributed by atoms with Crippen LogP contribution in [0.3, 0.4) is 0 Å². The molecule has 1 aromatic rings. The zero-order valence-corrected chi connectivity index (χ0v) is 9.95. The van der Waals surface area contributed by atoms with E-state index in [4.69, 9.17) is 0 Å². The van der Waals surface area contributed by atoms with Crippen LogP contribution in [-0.4, -0.2) is 25.0 Å². The van der Waals surface area contributed by atoms with Crippen LogP contribution in [0.2, 0.25) is 0 Å². The molecule has 3 nitrogen and oxygen atoms in total. The molecule has 0 aliphatic carbocycles. The van der Waals surface area contributed by atoms with Gasteiger partial charge in [-0.1, -0.05) is 24.3 Å². The number of benzene rings is 1. The van der Waals surface area contributed by atoms with E-state index in [-0.39, 0.29) is 0 Å². The fourth-order valence-corrected chi connectivity index (χ4v) is 2.02. The highest BCUT2D eigenvalue weighted by Crippen LogP contribution is 2.23. The quantitative estimate of drug-likeness (QED) is 0.852. The van der Waals surface area contributed by atoms with Crippen molar-refractivity contribution in [1.82, 2.24) is 0 Å². The van der Waals surface area contributed by atoms with Gasteiger partial charge in [-0.15, -0.1) is 0 Å². The van der Waals surface area contributed by atoms with Crippen LogP contribution in [0.1, 0.15) is 24.2 Å². The molecule has 0 radical (unpaired) electrons. The average Bonchev–Trinajstić information content (AvgIpc) is 2.15. The van der Waals surface area contributed by atoms with Crippen LogP contribution in [0.4, 0.5) is 0 Å². The summed E-state index contributed by atoms with van der Waals surface area (Å²) in [6, 6.07) is 7.26. The monoisotopic (exact) mass is 228 g/mol. The molecule has 0 fully saturated rings. The average molecular weight is 228 g/mol. The van der Waals surface area contributed by atoms with Crippen LogP contribution in [-0.2, 0) is 9.84 Å². The fraction of sp³-hybridized carbons (Fsp3) is 0.455. The number of hydrogen-bond acceptors (Lipinski definition) is 3. The predicted molar refractivity (Wildman–Crippen MR) is 60.4 cm³/mol. The van der Waals surface area contributed by atoms with Crippen LogP contribution in [0.15, 0.2) is 24.3 Å². The molecule has 0 aliphatic rings. The van der Waals surface area contributed by atoms with E-state index in [2.05, 4.69) is 0 Å². The van der Waals surface area contributed by atoms with Crippen molar-refractivity contribution >= 4 is 9.84 Å². The fourth-order valence-electron chi connectivity index (χ4n) is 1.41. The first-order valence-corrected chi connectivity index (χ1v) is 6.72. The lowest BCUT2D eigenvalue weighted by Gasteiger charge is -2.19. The smallest absolute Gasteiger partial charge is 0.152 e. The molecule has 84 valence electrons. The number of sulfone groups is 1. The van der Waals surface area contributed by atoms with Gasteiger partial charge in [-0.2, -0.15) is 0 Å². The minimum atomic E-state index is -3.22. The Labute approximate surface area is 90.7 Å². The first kappa shape index (κ1) is 12.2. The summed E-state index contributed by atoms with van der Waals surface area (Å²) >= 11 is 0. The summed E-state index contributed by atoms with van der Waals surface area (Å²) in [5.41, 5.74) is 1.58. The number of aryl methyl sites for hydroxylation is 1. The van der Waals surface area contributed by atoms with Crippen molar-refractivity contribution in [3.63, 3.8) is 0 Å². The number of aliphatic hydroxyl groups excluding tert-OH is 1. The van der Waals surface area contributed by atoms with Gasteiger partial charge in [-0.05, 0) is 25.0 Å². The Morgan fingerprint density at radius 3 is 2.27 bits per heavy atom. The Morgan fingerprint density at radius 2 is 1.80 bits per heavy atom. The summed E-state index contributed by atoms with van der Waals surface area (Å²) in [5, 5.41) is 9.15. The Hall–Kier alpha value is -0.870. The summed E-state index contributed by atoms with van der Waals surface area (Å²) in [5.74, 6) is 0. The molecule has 0 saturated carbocycles. The van der Waals surface area contributed by atoms with Crippen molar-refractivity contribution in [3.05, 3.63) is 35.4 Å². The van der Waals surface area contributed by atoms with E-state index in [0.717, 1.165) is 11.8 Å². The molecule has 0 aliphatic heterocycles. The largest absolute Gasteiger partial charge is 0.387 e. The van der Waals surface area contributed by atoms with Crippen molar-refractivity contribution < 1.29 is 13.5 Å². The molecule has 4 heteroatoms. The van der Waals surface area contributed by atoms with Crippen LogP contribution < -0.4 is 0 Å². The highest BCUT2D eigenvalue weighted by atomic mass is 32.2. The molecule has 0 unspecified atom stereocenters. The van der Waals surface area contributed by atoms with E-state index in [1.165, 1.54) is 6.92 Å². The highest BCUT2D eigenvalue weighted by molar-refractivity contribution is 7.91. The molecular formula is C11H16O3S. The summed E-state index contributed by atoms with van der Waals surface area (Å²) in [7, 11) is -3.22. The Bertz CT molecular complexity index is 437. The van der Waals surface area contributed by atoms with Gasteiger partial charge >= 0.3 is 0 Å². The number of aliphatic hydroxyl groups is 1. The third-order valence-corrected chi connectivity index (χ3v) is 4.24. The molecule has 1 aromatic carbocycles. The van der Waals surface area contributed by atoms with Crippen LogP contribution in [0, 0.1) is 6.92 Å². The van der Waals surface area contributed by atoms with E-state index in [0.29, 0.717) is 5.56 Å². The van der Waals surface area contributed by atoms with Gasteiger partial charge in [0.1, 0.15) is 0 Å². The van der Waals surface area contributed by atoms with Crippen LogP contribution in [0.5, 0.6) is 0 Å². The van der Waals surface area contributed by atoms with E-state index in [1.54, 1.807) is 12.1 Å². The third kappa shape index (κ3) is 2.79. The zero-order valence-electron chi connectivity index (χ0n) is 9.14. The summed E-state index contributed by atoms with van der Waals surface area (Å²) in [6.07, 6.45) is 0.181. The van der Waals surface area contributed by atoms with E-state index < -0.39 is 21.2 Å². The van der Waals surface area contributed by atoms with Gasteiger partial charge in [0.05, 0.1) is 11.4 Å². The van der Waals surface area contributed by atoms with Crippen molar-refractivity contribution in [3.8, 4) is 0 Å². The van der Waals surface area contributed by atoms with Crippen molar-refractivity contribution in [2.45, 2.75) is 25.2 Å². The summed E-state index contributed by atoms with van der Waals surface area (Å²) < 4.78 is 22.6. The van der Waals surface area contributed by atoms with Gasteiger partial charge in [0.25, 0.3) is 0 Å². The second-order valence-corrected chi connectivity index (χ2v) is 6.24. The SMILES string of the molecule is Cc1ccccc1[C@@H](O)[C@H](C)S(C)(=O)=O. The highest BCUT2D eigenvalue weighted by Gasteiger charge is 2.26. The second kappa shape index (κ2) is 4.33. The lowest BCUT2D eigenvalue weighted by molar-refractivity contribution is 0.175. The van der Waals surface area contributed by atoms with Crippen LogP contribution >= 0.6 is 0 Å². The Morgan fingerprint density at radius 1 is 1.27 bits per heavy atom. The molecule has 1 rings (SSSR count). The minimum absolute atomic E-state index is 0.676. The van der Waals surface area contributed by atoms with Crippen molar-refractivity contribution in [1.29, 1.82) is 0 Å². The van der Waals surface area contributed by atoms with Crippen LogP contribution in [0.25, 0.3) is 0 Å². The topological polar surface area (TPSA) is 54.4 Å². The lowest BCUT2D eigenvalue weighted by Crippen LogP contribution is -2.24. The van der Waals surface area contributed by atoms with Gasteiger partial charge in [-0.3, -0.25) is 0 Å². The predicted octanol–water partition coefficient (Wildman–Crippen LogP) is 1.46. The van der Waals surface area contributed by atoms with Crippen molar-refractivity contribution in [2.24, 2.45) is 0 Å². The molecule has 0 aromatic heterocycles. The van der Waals surface area contributed by atoms with E-state index >= 15 is 0 Å². The maximum Gasteiger partial charge on any atom is 0.152 e. The molecule has 15 heavy (non-hydrogen) atoms. The maximum absolute atomic E-state index is 11.3. The summed E-state index contributed by atoms with van der Waals surface area (Å²) in [4.78, 5) is 0. The first-order valence-electron chi connectivity index (χ1n) is 4.76. The minimum Gasteiger partial charge on any atom is -0.387 e. The first-order chi connectivity index (χ1) is 6.84. The Kier molecular flexibility index (Phi) is 3.52. The third-order valence-electron chi connectivity index (χ3n) is 2.63. The van der Waals surface area contributed by atoms with Crippen molar-refractivity contribution in [2.75, 3.05) is 6.26 Å². The van der Waals surface area contributed by atoms with Gasteiger partial charge in [0, 0.05) is 6.26 Å². The maximum atomic E-state index is 11.3.